The van der Waals surface area contributed by atoms with Gasteiger partial charge in [0.25, 0.3) is 0 Å². The highest BCUT2D eigenvalue weighted by atomic mass is 16.5. The number of aliphatic hydroxyl groups is 2. The number of carbonyl (C=O) groups is 3. The van der Waals surface area contributed by atoms with Crippen LogP contribution in [-0.2, 0) is 20.9 Å². The smallest absolute Gasteiger partial charge is 0.407 e. The summed E-state index contributed by atoms with van der Waals surface area (Å²) < 4.78 is 5.14. The Balaban J connectivity index is 2.31. The molecule has 0 radical (unpaired) electrons. The van der Waals surface area contributed by atoms with Gasteiger partial charge in [-0.2, -0.15) is 0 Å². The Morgan fingerprint density at radius 2 is 1.82 bits per heavy atom. The number of ether oxygens (including phenoxy) is 1. The Hall–Kier alpha value is -2.91. The fourth-order valence-electron chi connectivity index (χ4n) is 3.10. The molecule has 33 heavy (non-hydrogen) atoms. The van der Waals surface area contributed by atoms with Crippen LogP contribution in [0.5, 0.6) is 0 Å². The minimum Gasteiger partial charge on any atom is -0.445 e. The molecule has 0 saturated carbocycles. The summed E-state index contributed by atoms with van der Waals surface area (Å²) in [5, 5.41) is 26.7. The second-order valence-corrected chi connectivity index (χ2v) is 7.95. The summed E-state index contributed by atoms with van der Waals surface area (Å²) in [5.74, 6) is -1.27. The van der Waals surface area contributed by atoms with Gasteiger partial charge >= 0.3 is 6.09 Å². The van der Waals surface area contributed by atoms with E-state index in [2.05, 4.69) is 22.5 Å². The number of alkyl carbamates (subject to hydrolysis) is 1. The molecule has 0 aliphatic carbocycles. The highest BCUT2D eigenvalue weighted by molar-refractivity contribution is 5.86. The highest BCUT2D eigenvalue weighted by Crippen LogP contribution is 2.12. The molecule has 1 aromatic rings. The van der Waals surface area contributed by atoms with Gasteiger partial charge in [-0.3, -0.25) is 9.59 Å². The van der Waals surface area contributed by atoms with Gasteiger partial charge in [0, 0.05) is 19.0 Å². The molecule has 9 heteroatoms. The average Bonchev–Trinajstić information content (AvgIpc) is 2.81. The summed E-state index contributed by atoms with van der Waals surface area (Å²) >= 11 is 0. The van der Waals surface area contributed by atoms with E-state index in [4.69, 9.17) is 9.84 Å². The maximum Gasteiger partial charge on any atom is 0.407 e. The quantitative estimate of drug-likeness (QED) is 0.187. The molecule has 0 fully saturated rings. The Labute approximate surface area is 195 Å². The summed E-state index contributed by atoms with van der Waals surface area (Å²) in [4.78, 5) is 36.4. The summed E-state index contributed by atoms with van der Waals surface area (Å²) in [6, 6.07) is 8.55. The first-order valence-electron chi connectivity index (χ1n) is 11.3. The van der Waals surface area contributed by atoms with Gasteiger partial charge < -0.3 is 30.9 Å². The van der Waals surface area contributed by atoms with Gasteiger partial charge in [0.2, 0.25) is 11.8 Å². The van der Waals surface area contributed by atoms with E-state index in [-0.39, 0.29) is 44.1 Å². The van der Waals surface area contributed by atoms with Crippen LogP contribution in [0.25, 0.3) is 0 Å². The third-order valence-corrected chi connectivity index (χ3v) is 4.96. The molecule has 0 unspecified atom stereocenters. The minimum atomic E-state index is -0.608. The summed E-state index contributed by atoms with van der Waals surface area (Å²) in [5.41, 5.74) is 0.907. The molecule has 3 amide bonds. The number of amides is 3. The van der Waals surface area contributed by atoms with Gasteiger partial charge in [-0.05, 0) is 38.2 Å². The number of benzene rings is 1. The van der Waals surface area contributed by atoms with Crippen molar-refractivity contribution in [3.05, 3.63) is 48.6 Å². The molecule has 5 N–H and O–H groups in total. The lowest BCUT2D eigenvalue weighted by Gasteiger charge is -2.21. The van der Waals surface area contributed by atoms with Crippen molar-refractivity contribution in [2.24, 2.45) is 5.92 Å². The van der Waals surface area contributed by atoms with Crippen LogP contribution in [0.2, 0.25) is 0 Å². The van der Waals surface area contributed by atoms with Crippen molar-refractivity contribution in [2.45, 2.75) is 57.7 Å². The van der Waals surface area contributed by atoms with E-state index in [0.29, 0.717) is 32.2 Å². The van der Waals surface area contributed by atoms with Gasteiger partial charge in [-0.15, -0.1) is 6.58 Å². The van der Waals surface area contributed by atoms with Gasteiger partial charge in [-0.25, -0.2) is 4.79 Å². The number of rotatable bonds is 16. The molecular weight excluding hydrogens is 426 g/mol. The first kappa shape index (κ1) is 28.1. The Morgan fingerprint density at radius 3 is 2.45 bits per heavy atom. The largest absolute Gasteiger partial charge is 0.445 e. The maximum absolute atomic E-state index is 12.6. The van der Waals surface area contributed by atoms with E-state index in [9.17, 15) is 19.5 Å². The SMILES string of the molecule is C=CC[C@H](CC(=O)N[C@H](C)CO)C(=O)N[C@H](CO)CCCCNC(=O)OCc1ccccc1. The molecule has 0 saturated heterocycles. The zero-order chi connectivity index (χ0) is 24.5. The van der Waals surface area contributed by atoms with E-state index in [1.807, 2.05) is 30.3 Å². The molecule has 1 rings (SSSR count). The molecule has 0 aliphatic rings. The molecule has 0 spiro atoms. The van der Waals surface area contributed by atoms with Crippen molar-refractivity contribution in [3.8, 4) is 0 Å². The van der Waals surface area contributed by atoms with E-state index in [0.717, 1.165) is 5.56 Å². The van der Waals surface area contributed by atoms with E-state index in [1.165, 1.54) is 0 Å². The van der Waals surface area contributed by atoms with E-state index < -0.39 is 18.1 Å². The second kappa shape index (κ2) is 16.7. The molecule has 0 heterocycles. The lowest BCUT2D eigenvalue weighted by atomic mass is 9.98. The van der Waals surface area contributed by atoms with Crippen molar-refractivity contribution in [1.82, 2.24) is 16.0 Å². The van der Waals surface area contributed by atoms with Crippen LogP contribution < -0.4 is 16.0 Å². The molecule has 0 aliphatic heterocycles. The van der Waals surface area contributed by atoms with Crippen LogP contribution >= 0.6 is 0 Å². The topological polar surface area (TPSA) is 137 Å². The van der Waals surface area contributed by atoms with Gasteiger partial charge in [0.05, 0.1) is 25.2 Å². The fourth-order valence-corrected chi connectivity index (χ4v) is 3.10. The standard InChI is InChI=1S/C24H37N3O6/c1-3-9-20(14-22(30)26-18(2)15-28)23(31)27-21(16-29)12-7-8-13-25-24(32)33-17-19-10-5-4-6-11-19/h3-6,10-11,18,20-21,28-29H,1,7-9,12-17H2,2H3,(H,25,32)(H,26,30)(H,27,31)/t18-,20-,21+/m1/s1. The second-order valence-electron chi connectivity index (χ2n) is 7.95. The first-order valence-corrected chi connectivity index (χ1v) is 11.3. The lowest BCUT2D eigenvalue weighted by Crippen LogP contribution is -2.43. The Morgan fingerprint density at radius 1 is 1.09 bits per heavy atom. The molecular formula is C24H37N3O6. The first-order chi connectivity index (χ1) is 15.9. The van der Waals surface area contributed by atoms with E-state index >= 15 is 0 Å². The third kappa shape index (κ3) is 12.6. The predicted octanol–water partition coefficient (Wildman–Crippen LogP) is 1.64. The van der Waals surface area contributed by atoms with Gasteiger partial charge in [-0.1, -0.05) is 36.4 Å². The summed E-state index contributed by atoms with van der Waals surface area (Å²) in [7, 11) is 0. The number of hydrogen-bond acceptors (Lipinski definition) is 6. The van der Waals surface area contributed by atoms with Crippen molar-refractivity contribution >= 4 is 17.9 Å². The van der Waals surface area contributed by atoms with Crippen molar-refractivity contribution in [2.75, 3.05) is 19.8 Å². The zero-order valence-electron chi connectivity index (χ0n) is 19.3. The van der Waals surface area contributed by atoms with Crippen LogP contribution in [0.3, 0.4) is 0 Å². The third-order valence-electron chi connectivity index (χ3n) is 4.96. The van der Waals surface area contributed by atoms with Gasteiger partial charge in [0.1, 0.15) is 6.61 Å². The normalized spacial score (nSPS) is 13.3. The van der Waals surface area contributed by atoms with Crippen LogP contribution in [0.4, 0.5) is 4.79 Å². The van der Waals surface area contributed by atoms with Crippen LogP contribution in [0.1, 0.15) is 44.6 Å². The summed E-state index contributed by atoms with van der Waals surface area (Å²) in [6.07, 6.45) is 3.22. The number of unbranched alkanes of at least 4 members (excludes halogenated alkanes) is 1. The number of carbonyl (C=O) groups excluding carboxylic acids is 3. The zero-order valence-corrected chi connectivity index (χ0v) is 19.3. The maximum atomic E-state index is 12.6. The lowest BCUT2D eigenvalue weighted by molar-refractivity contribution is -0.131. The molecule has 0 aromatic heterocycles. The molecule has 1 aromatic carbocycles. The number of hydrogen-bond donors (Lipinski definition) is 5. The molecule has 3 atom stereocenters. The predicted molar refractivity (Wildman–Crippen MR) is 125 cm³/mol. The van der Waals surface area contributed by atoms with Crippen molar-refractivity contribution in [3.63, 3.8) is 0 Å². The molecule has 9 nitrogen and oxygen atoms in total. The van der Waals surface area contributed by atoms with Crippen LogP contribution in [0.15, 0.2) is 43.0 Å². The van der Waals surface area contributed by atoms with Crippen LogP contribution in [0, 0.1) is 5.92 Å². The Kier molecular flexibility index (Phi) is 14.2. The van der Waals surface area contributed by atoms with Crippen LogP contribution in [-0.4, -0.2) is 60.0 Å². The molecule has 0 bridgehead atoms. The molecule has 184 valence electrons. The average molecular weight is 464 g/mol. The number of aliphatic hydroxyl groups excluding tert-OH is 2. The van der Waals surface area contributed by atoms with Crippen molar-refractivity contribution < 1.29 is 29.3 Å². The van der Waals surface area contributed by atoms with E-state index in [1.54, 1.807) is 13.0 Å². The van der Waals surface area contributed by atoms with Gasteiger partial charge in [0.15, 0.2) is 0 Å². The fraction of sp³-hybridized carbons (Fsp3) is 0.542. The summed E-state index contributed by atoms with van der Waals surface area (Å²) in [6.45, 7) is 5.51. The number of allylic oxidation sites excluding steroid dienone is 1. The van der Waals surface area contributed by atoms with Crippen molar-refractivity contribution in [1.29, 1.82) is 0 Å². The Bertz CT molecular complexity index is 728. The number of nitrogens with one attached hydrogen (secondary N) is 3. The highest BCUT2D eigenvalue weighted by Gasteiger charge is 2.23. The minimum absolute atomic E-state index is 0.0324. The monoisotopic (exact) mass is 463 g/mol.